The standard InChI is InChI=1S/C19H24N4O2S/c24-19(23-8-5-16(11-23)22-9-6-20-7-10-22)17-3-1-2-4-18(17)25-12-15-13-26-14-21-15/h1-4,13-14,16,20H,5-12H2. The largest absolute Gasteiger partial charge is 0.486 e. The van der Waals surface area contributed by atoms with Crippen molar-refractivity contribution in [3.63, 3.8) is 0 Å². The quantitative estimate of drug-likeness (QED) is 0.868. The number of rotatable bonds is 5. The van der Waals surface area contributed by atoms with Gasteiger partial charge >= 0.3 is 0 Å². The first kappa shape index (κ1) is 17.5. The molecule has 1 aromatic heterocycles. The second kappa shape index (κ2) is 8.16. The number of benzene rings is 1. The van der Waals surface area contributed by atoms with Crippen molar-refractivity contribution in [2.75, 3.05) is 39.3 Å². The molecule has 26 heavy (non-hydrogen) atoms. The molecule has 138 valence electrons. The fourth-order valence-corrected chi connectivity index (χ4v) is 4.21. The van der Waals surface area contributed by atoms with E-state index >= 15 is 0 Å². The molecule has 1 aromatic carbocycles. The Morgan fingerprint density at radius 1 is 1.27 bits per heavy atom. The SMILES string of the molecule is O=C(c1ccccc1OCc1cscn1)N1CCC(N2CCNCC2)C1. The van der Waals surface area contributed by atoms with Crippen molar-refractivity contribution in [3.05, 3.63) is 46.4 Å². The van der Waals surface area contributed by atoms with Crippen LogP contribution in [0.1, 0.15) is 22.5 Å². The monoisotopic (exact) mass is 372 g/mol. The van der Waals surface area contributed by atoms with Gasteiger partial charge in [0, 0.05) is 50.7 Å². The molecule has 1 amide bonds. The average Bonchev–Trinajstić information content (AvgIpc) is 3.39. The predicted molar refractivity (Wildman–Crippen MR) is 102 cm³/mol. The third kappa shape index (κ3) is 3.90. The number of para-hydroxylation sites is 1. The highest BCUT2D eigenvalue weighted by atomic mass is 32.1. The van der Waals surface area contributed by atoms with Crippen LogP contribution in [-0.4, -0.2) is 66.0 Å². The fourth-order valence-electron chi connectivity index (χ4n) is 3.67. The topological polar surface area (TPSA) is 57.7 Å². The van der Waals surface area contributed by atoms with Gasteiger partial charge in [-0.05, 0) is 18.6 Å². The van der Waals surface area contributed by atoms with Gasteiger partial charge in [-0.15, -0.1) is 11.3 Å². The molecular weight excluding hydrogens is 348 g/mol. The zero-order chi connectivity index (χ0) is 17.8. The van der Waals surface area contributed by atoms with Crippen molar-refractivity contribution in [3.8, 4) is 5.75 Å². The molecule has 4 rings (SSSR count). The molecular formula is C19H24N4O2S. The minimum Gasteiger partial charge on any atom is -0.486 e. The second-order valence-corrected chi connectivity index (χ2v) is 7.46. The number of piperazine rings is 1. The Balaban J connectivity index is 1.41. The summed E-state index contributed by atoms with van der Waals surface area (Å²) in [6.07, 6.45) is 1.05. The highest BCUT2D eigenvalue weighted by molar-refractivity contribution is 7.07. The Labute approximate surface area is 157 Å². The van der Waals surface area contributed by atoms with E-state index in [0.29, 0.717) is 24.0 Å². The Morgan fingerprint density at radius 2 is 2.12 bits per heavy atom. The first-order valence-corrected chi connectivity index (χ1v) is 10.1. The van der Waals surface area contributed by atoms with Gasteiger partial charge < -0.3 is 15.0 Å². The number of carbonyl (C=O) groups is 1. The van der Waals surface area contributed by atoms with Crippen molar-refractivity contribution in [1.29, 1.82) is 0 Å². The molecule has 2 aromatic rings. The van der Waals surface area contributed by atoms with Crippen molar-refractivity contribution in [2.45, 2.75) is 19.1 Å². The first-order valence-electron chi connectivity index (χ1n) is 9.14. The van der Waals surface area contributed by atoms with E-state index in [0.717, 1.165) is 51.4 Å². The van der Waals surface area contributed by atoms with E-state index in [2.05, 4.69) is 15.2 Å². The molecule has 2 aliphatic heterocycles. The minimum atomic E-state index is 0.0662. The molecule has 0 saturated carbocycles. The van der Waals surface area contributed by atoms with E-state index in [1.807, 2.05) is 34.5 Å². The summed E-state index contributed by atoms with van der Waals surface area (Å²) in [6, 6.07) is 8.00. The zero-order valence-electron chi connectivity index (χ0n) is 14.8. The van der Waals surface area contributed by atoms with Gasteiger partial charge in [0.1, 0.15) is 12.4 Å². The maximum atomic E-state index is 13.1. The average molecular weight is 372 g/mol. The summed E-state index contributed by atoms with van der Waals surface area (Å²) >= 11 is 1.54. The van der Waals surface area contributed by atoms with Crippen LogP contribution in [0, 0.1) is 0 Å². The van der Waals surface area contributed by atoms with E-state index < -0.39 is 0 Å². The van der Waals surface area contributed by atoms with Crippen molar-refractivity contribution >= 4 is 17.2 Å². The summed E-state index contributed by atoms with van der Waals surface area (Å²) in [4.78, 5) is 21.8. The van der Waals surface area contributed by atoms with Crippen molar-refractivity contribution in [2.24, 2.45) is 0 Å². The Kier molecular flexibility index (Phi) is 5.48. The van der Waals surface area contributed by atoms with Gasteiger partial charge in [-0.2, -0.15) is 0 Å². The van der Waals surface area contributed by atoms with Crippen LogP contribution in [0.25, 0.3) is 0 Å². The van der Waals surface area contributed by atoms with Crippen LogP contribution in [0.3, 0.4) is 0 Å². The summed E-state index contributed by atoms with van der Waals surface area (Å²) in [5.74, 6) is 0.702. The van der Waals surface area contributed by atoms with E-state index in [4.69, 9.17) is 4.74 Å². The Bertz CT molecular complexity index is 731. The number of nitrogens with zero attached hydrogens (tertiary/aromatic N) is 3. The van der Waals surface area contributed by atoms with Gasteiger partial charge in [0.25, 0.3) is 5.91 Å². The van der Waals surface area contributed by atoms with Crippen molar-refractivity contribution in [1.82, 2.24) is 20.1 Å². The van der Waals surface area contributed by atoms with Gasteiger partial charge in [0.2, 0.25) is 0 Å². The lowest BCUT2D eigenvalue weighted by Gasteiger charge is -2.32. The molecule has 3 heterocycles. The van der Waals surface area contributed by atoms with Gasteiger partial charge in [-0.3, -0.25) is 9.69 Å². The number of likely N-dealkylation sites (tertiary alicyclic amines) is 1. The highest BCUT2D eigenvalue weighted by Crippen LogP contribution is 2.24. The van der Waals surface area contributed by atoms with Crippen LogP contribution in [0.5, 0.6) is 5.75 Å². The Morgan fingerprint density at radius 3 is 2.92 bits per heavy atom. The number of thiazole rings is 1. The molecule has 0 aliphatic carbocycles. The molecule has 1 N–H and O–H groups in total. The summed E-state index contributed by atoms with van der Waals surface area (Å²) in [5, 5.41) is 5.35. The van der Waals surface area contributed by atoms with Gasteiger partial charge in [-0.25, -0.2) is 4.98 Å². The molecule has 0 radical (unpaired) electrons. The number of nitrogens with one attached hydrogen (secondary N) is 1. The van der Waals surface area contributed by atoms with Crippen LogP contribution >= 0.6 is 11.3 Å². The molecule has 6 nitrogen and oxygen atoms in total. The molecule has 7 heteroatoms. The maximum absolute atomic E-state index is 13.1. The second-order valence-electron chi connectivity index (χ2n) is 6.74. The van der Waals surface area contributed by atoms with E-state index in [1.165, 1.54) is 0 Å². The maximum Gasteiger partial charge on any atom is 0.257 e. The van der Waals surface area contributed by atoms with Gasteiger partial charge in [0.05, 0.1) is 16.8 Å². The first-order chi connectivity index (χ1) is 12.8. The smallest absolute Gasteiger partial charge is 0.257 e. The summed E-state index contributed by atoms with van der Waals surface area (Å²) in [6.45, 7) is 6.22. The van der Waals surface area contributed by atoms with Crippen molar-refractivity contribution < 1.29 is 9.53 Å². The number of carbonyl (C=O) groups excluding carboxylic acids is 1. The molecule has 2 fully saturated rings. The van der Waals surface area contributed by atoms with Crippen LogP contribution in [0.4, 0.5) is 0 Å². The summed E-state index contributed by atoms with van der Waals surface area (Å²) in [7, 11) is 0. The number of hydrogen-bond donors (Lipinski definition) is 1. The zero-order valence-corrected chi connectivity index (χ0v) is 15.6. The highest BCUT2D eigenvalue weighted by Gasteiger charge is 2.32. The van der Waals surface area contributed by atoms with E-state index in [1.54, 1.807) is 16.8 Å². The lowest BCUT2D eigenvalue weighted by molar-refractivity contribution is 0.0768. The predicted octanol–water partition coefficient (Wildman–Crippen LogP) is 1.84. The molecule has 2 saturated heterocycles. The molecule has 0 bridgehead atoms. The van der Waals surface area contributed by atoms with E-state index in [-0.39, 0.29) is 5.91 Å². The number of amides is 1. The number of hydrogen-bond acceptors (Lipinski definition) is 6. The molecule has 2 aliphatic rings. The molecule has 1 unspecified atom stereocenters. The lowest BCUT2D eigenvalue weighted by atomic mass is 10.1. The third-order valence-electron chi connectivity index (χ3n) is 5.10. The number of ether oxygens (including phenoxy) is 1. The van der Waals surface area contributed by atoms with E-state index in [9.17, 15) is 4.79 Å². The number of aromatic nitrogens is 1. The van der Waals surface area contributed by atoms with Crippen LogP contribution < -0.4 is 10.1 Å². The summed E-state index contributed by atoms with van der Waals surface area (Å²) < 4.78 is 5.88. The minimum absolute atomic E-state index is 0.0662. The van der Waals surface area contributed by atoms with Crippen LogP contribution in [0.15, 0.2) is 35.2 Å². The van der Waals surface area contributed by atoms with Crippen LogP contribution in [-0.2, 0) is 6.61 Å². The van der Waals surface area contributed by atoms with Crippen LogP contribution in [0.2, 0.25) is 0 Å². The molecule has 1 atom stereocenters. The fraction of sp³-hybridized carbons (Fsp3) is 0.474. The molecule has 0 spiro atoms. The van der Waals surface area contributed by atoms with Gasteiger partial charge in [0.15, 0.2) is 0 Å². The normalized spacial score (nSPS) is 21.1. The Hall–Kier alpha value is -1.96. The van der Waals surface area contributed by atoms with Gasteiger partial charge in [-0.1, -0.05) is 12.1 Å². The third-order valence-corrected chi connectivity index (χ3v) is 5.73. The lowest BCUT2D eigenvalue weighted by Crippen LogP contribution is -2.49. The summed E-state index contributed by atoms with van der Waals surface area (Å²) in [5.41, 5.74) is 3.32.